The number of hydrazone groups is 1. The average molecular weight is 514 g/mol. The van der Waals surface area contributed by atoms with Crippen molar-refractivity contribution in [2.75, 3.05) is 27.3 Å². The van der Waals surface area contributed by atoms with E-state index in [1.54, 1.807) is 14.2 Å². The van der Waals surface area contributed by atoms with Crippen molar-refractivity contribution < 1.29 is 19.1 Å². The zero-order valence-electron chi connectivity index (χ0n) is 22.7. The second-order valence-corrected chi connectivity index (χ2v) is 10.7. The number of aldehydes is 1. The molecular weight excluding hydrogens is 478 g/mol. The Morgan fingerprint density at radius 2 is 1.71 bits per heavy atom. The number of carbonyl (C=O) groups is 2. The van der Waals surface area contributed by atoms with E-state index in [1.165, 1.54) is 0 Å². The first kappa shape index (κ1) is 25.8. The normalized spacial score (nSPS) is 19.4. The van der Waals surface area contributed by atoms with Crippen LogP contribution in [0.5, 0.6) is 11.5 Å². The number of ether oxygens (including phenoxy) is 2. The molecule has 1 amide bonds. The molecule has 198 valence electrons. The zero-order chi connectivity index (χ0) is 27.0. The maximum atomic E-state index is 13.6. The first-order valence-corrected chi connectivity index (χ1v) is 13.1. The molecule has 0 radical (unpaired) electrons. The van der Waals surface area contributed by atoms with E-state index in [0.29, 0.717) is 24.6 Å². The standard InChI is InChI=1S/C31H35N3O4/c1-20-10-11-21-8-6-7-9-24(21)28(20)30(36)33-16-14-23(15-17-33)34-27(19-35)31(2,3)29(32-34)22-12-13-25(37-4)26(18-22)38-5/h6-13,18-19,23,27H,14-17H2,1-5H3. The predicted octanol–water partition coefficient (Wildman–Crippen LogP) is 5.08. The van der Waals surface area contributed by atoms with Crippen LogP contribution in [0, 0.1) is 12.3 Å². The van der Waals surface area contributed by atoms with Gasteiger partial charge < -0.3 is 19.2 Å². The van der Waals surface area contributed by atoms with Crippen LogP contribution in [0.4, 0.5) is 0 Å². The largest absolute Gasteiger partial charge is 0.493 e. The molecule has 1 atom stereocenters. The van der Waals surface area contributed by atoms with Crippen LogP contribution in [0.1, 0.15) is 48.2 Å². The molecule has 3 aromatic carbocycles. The Balaban J connectivity index is 1.38. The molecule has 0 N–H and O–H groups in total. The third-order valence-corrected chi connectivity index (χ3v) is 8.11. The highest BCUT2D eigenvalue weighted by atomic mass is 16.5. The number of aryl methyl sites for hydroxylation is 1. The van der Waals surface area contributed by atoms with Crippen LogP contribution in [0.3, 0.4) is 0 Å². The third-order valence-electron chi connectivity index (χ3n) is 8.11. The summed E-state index contributed by atoms with van der Waals surface area (Å²) in [6.45, 7) is 7.36. The number of nitrogens with zero attached hydrogens (tertiary/aromatic N) is 3. The van der Waals surface area contributed by atoms with E-state index < -0.39 is 11.5 Å². The first-order chi connectivity index (χ1) is 18.3. The van der Waals surface area contributed by atoms with Crippen molar-refractivity contribution in [3.8, 4) is 11.5 Å². The summed E-state index contributed by atoms with van der Waals surface area (Å²) in [4.78, 5) is 28.0. The number of fused-ring (bicyclic) bond motifs is 1. The fourth-order valence-electron chi connectivity index (χ4n) is 5.89. The van der Waals surface area contributed by atoms with Crippen LogP contribution in [-0.4, -0.2) is 67.2 Å². The number of rotatable bonds is 6. The topological polar surface area (TPSA) is 71.4 Å². The van der Waals surface area contributed by atoms with Crippen molar-refractivity contribution in [3.05, 3.63) is 71.3 Å². The Kier molecular flexibility index (Phi) is 6.86. The molecule has 2 aliphatic rings. The van der Waals surface area contributed by atoms with Crippen LogP contribution in [-0.2, 0) is 4.79 Å². The molecule has 2 heterocycles. The van der Waals surface area contributed by atoms with Gasteiger partial charge in [0.05, 0.1) is 31.5 Å². The van der Waals surface area contributed by atoms with Crippen molar-refractivity contribution in [3.63, 3.8) is 0 Å². The highest BCUT2D eigenvalue weighted by molar-refractivity contribution is 6.09. The van der Waals surface area contributed by atoms with Crippen LogP contribution >= 0.6 is 0 Å². The van der Waals surface area contributed by atoms with E-state index in [-0.39, 0.29) is 11.9 Å². The summed E-state index contributed by atoms with van der Waals surface area (Å²) in [5.41, 5.74) is 3.03. The van der Waals surface area contributed by atoms with Gasteiger partial charge in [0.15, 0.2) is 11.5 Å². The minimum Gasteiger partial charge on any atom is -0.493 e. The van der Waals surface area contributed by atoms with Crippen molar-refractivity contribution in [1.29, 1.82) is 0 Å². The molecule has 0 bridgehead atoms. The van der Waals surface area contributed by atoms with E-state index in [9.17, 15) is 9.59 Å². The Labute approximate surface area is 224 Å². The molecule has 3 aromatic rings. The smallest absolute Gasteiger partial charge is 0.254 e. The summed E-state index contributed by atoms with van der Waals surface area (Å²) in [6, 6.07) is 17.5. The lowest BCUT2D eigenvalue weighted by atomic mass is 9.78. The van der Waals surface area contributed by atoms with Gasteiger partial charge in [-0.25, -0.2) is 0 Å². The van der Waals surface area contributed by atoms with Gasteiger partial charge >= 0.3 is 0 Å². The predicted molar refractivity (Wildman–Crippen MR) is 149 cm³/mol. The Morgan fingerprint density at radius 1 is 1.00 bits per heavy atom. The van der Waals surface area contributed by atoms with Crippen molar-refractivity contribution in [2.24, 2.45) is 10.5 Å². The maximum Gasteiger partial charge on any atom is 0.254 e. The average Bonchev–Trinajstić information content (AvgIpc) is 3.22. The van der Waals surface area contributed by atoms with E-state index >= 15 is 0 Å². The molecule has 5 rings (SSSR count). The second kappa shape index (κ2) is 10.1. The second-order valence-electron chi connectivity index (χ2n) is 10.7. The molecule has 0 aromatic heterocycles. The molecular formula is C31H35N3O4. The van der Waals surface area contributed by atoms with Crippen LogP contribution in [0.15, 0.2) is 59.7 Å². The van der Waals surface area contributed by atoms with Gasteiger partial charge in [-0.05, 0) is 54.3 Å². The lowest BCUT2D eigenvalue weighted by Gasteiger charge is -2.39. The van der Waals surface area contributed by atoms with Crippen molar-refractivity contribution in [1.82, 2.24) is 9.91 Å². The van der Waals surface area contributed by atoms with Crippen molar-refractivity contribution in [2.45, 2.75) is 45.7 Å². The van der Waals surface area contributed by atoms with Crippen molar-refractivity contribution >= 4 is 28.7 Å². The summed E-state index contributed by atoms with van der Waals surface area (Å²) >= 11 is 0. The quantitative estimate of drug-likeness (QED) is 0.430. The number of amides is 1. The molecule has 1 fully saturated rings. The number of hydrogen-bond donors (Lipinski definition) is 0. The SMILES string of the molecule is COc1ccc(C2=NN(C3CCN(C(=O)c4c(C)ccc5ccccc45)CC3)C(C=O)C2(C)C)cc1OC. The number of piperidine rings is 1. The van der Waals surface area contributed by atoms with E-state index in [2.05, 4.69) is 19.9 Å². The lowest BCUT2D eigenvalue weighted by Crippen LogP contribution is -2.50. The summed E-state index contributed by atoms with van der Waals surface area (Å²) in [6.07, 6.45) is 2.51. The Hall–Kier alpha value is -3.87. The first-order valence-electron chi connectivity index (χ1n) is 13.1. The van der Waals surface area contributed by atoms with Gasteiger partial charge in [0, 0.05) is 24.1 Å². The molecule has 1 saturated heterocycles. The highest BCUT2D eigenvalue weighted by Gasteiger charge is 2.47. The molecule has 38 heavy (non-hydrogen) atoms. The molecule has 1 unspecified atom stereocenters. The molecule has 0 saturated carbocycles. The third kappa shape index (κ3) is 4.30. The number of likely N-dealkylation sites (tertiary alicyclic amines) is 1. The van der Waals surface area contributed by atoms with Gasteiger partial charge in [-0.3, -0.25) is 9.80 Å². The number of hydrogen-bond acceptors (Lipinski definition) is 6. The summed E-state index contributed by atoms with van der Waals surface area (Å²) in [5.74, 6) is 1.34. The van der Waals surface area contributed by atoms with Gasteiger partial charge in [0.2, 0.25) is 0 Å². The maximum absolute atomic E-state index is 13.6. The van der Waals surface area contributed by atoms with Crippen LogP contribution in [0.2, 0.25) is 0 Å². The fourth-order valence-corrected chi connectivity index (χ4v) is 5.89. The minimum absolute atomic E-state index is 0.0692. The number of benzene rings is 3. The Bertz CT molecular complexity index is 1410. The molecule has 2 aliphatic heterocycles. The lowest BCUT2D eigenvalue weighted by molar-refractivity contribution is -0.115. The highest BCUT2D eigenvalue weighted by Crippen LogP contribution is 2.40. The molecule has 7 nitrogen and oxygen atoms in total. The summed E-state index contributed by atoms with van der Waals surface area (Å²) in [5, 5.41) is 9.06. The zero-order valence-corrected chi connectivity index (χ0v) is 22.7. The number of carbonyl (C=O) groups excluding carboxylic acids is 2. The van der Waals surface area contributed by atoms with Gasteiger partial charge in [0.1, 0.15) is 12.3 Å². The monoisotopic (exact) mass is 513 g/mol. The van der Waals surface area contributed by atoms with Crippen LogP contribution in [0.25, 0.3) is 10.8 Å². The summed E-state index contributed by atoms with van der Waals surface area (Å²) < 4.78 is 10.9. The molecule has 7 heteroatoms. The number of methoxy groups -OCH3 is 2. The fraction of sp³-hybridized carbons (Fsp3) is 0.387. The minimum atomic E-state index is -0.492. The van der Waals surface area contributed by atoms with Gasteiger partial charge in [-0.1, -0.05) is 50.2 Å². The van der Waals surface area contributed by atoms with Gasteiger partial charge in [0.25, 0.3) is 5.91 Å². The Morgan fingerprint density at radius 3 is 2.39 bits per heavy atom. The summed E-state index contributed by atoms with van der Waals surface area (Å²) in [7, 11) is 3.22. The van der Waals surface area contributed by atoms with E-state index in [1.807, 2.05) is 65.4 Å². The van der Waals surface area contributed by atoms with Gasteiger partial charge in [-0.15, -0.1) is 0 Å². The molecule has 0 aliphatic carbocycles. The van der Waals surface area contributed by atoms with Crippen LogP contribution < -0.4 is 9.47 Å². The van der Waals surface area contributed by atoms with E-state index in [4.69, 9.17) is 14.6 Å². The molecule has 0 spiro atoms. The van der Waals surface area contributed by atoms with E-state index in [0.717, 1.165) is 52.3 Å². The van der Waals surface area contributed by atoms with Gasteiger partial charge in [-0.2, -0.15) is 5.10 Å².